The lowest BCUT2D eigenvalue weighted by atomic mass is 10.0. The van der Waals surface area contributed by atoms with Gasteiger partial charge in [0, 0.05) is 5.69 Å². The highest BCUT2D eigenvalue weighted by Gasteiger charge is 2.05. The highest BCUT2D eigenvalue weighted by molar-refractivity contribution is 5.11. The fourth-order valence-electron chi connectivity index (χ4n) is 5.41. The van der Waals surface area contributed by atoms with E-state index in [1.165, 1.54) is 191 Å². The molecule has 0 saturated carbocycles. The summed E-state index contributed by atoms with van der Waals surface area (Å²) in [5.74, 6) is 0. The minimum atomic E-state index is 1.18. The van der Waals surface area contributed by atoms with E-state index in [4.69, 9.17) is 0 Å². The third-order valence-corrected chi connectivity index (χ3v) is 7.85. The lowest BCUT2D eigenvalue weighted by Crippen LogP contribution is -1.95. The van der Waals surface area contributed by atoms with Gasteiger partial charge in [-0.3, -0.25) is 0 Å². The van der Waals surface area contributed by atoms with E-state index in [0.717, 1.165) is 0 Å². The molecule has 0 amide bonds. The molecule has 2 nitrogen and oxygen atoms in total. The van der Waals surface area contributed by atoms with E-state index < -0.39 is 0 Å². The van der Waals surface area contributed by atoms with Gasteiger partial charge in [-0.15, -0.1) is 0 Å². The minimum absolute atomic E-state index is 1.18. The minimum Gasteiger partial charge on any atom is -0.348 e. The number of aromatic nitrogens is 2. The van der Waals surface area contributed by atoms with Gasteiger partial charge in [0.2, 0.25) is 0 Å². The smallest absolute Gasteiger partial charge is 0.0925 e. The van der Waals surface area contributed by atoms with E-state index in [1.54, 1.807) is 0 Å². The van der Waals surface area contributed by atoms with Crippen molar-refractivity contribution in [3.63, 3.8) is 0 Å². The van der Waals surface area contributed by atoms with Gasteiger partial charge in [-0.2, -0.15) is 0 Å². The van der Waals surface area contributed by atoms with Gasteiger partial charge in [-0.25, -0.2) is 4.98 Å². The number of nitrogens with one attached hydrogen (secondary N) is 1. The van der Waals surface area contributed by atoms with E-state index in [2.05, 4.69) is 23.8 Å². The molecule has 0 aliphatic heterocycles. The van der Waals surface area contributed by atoms with Crippen LogP contribution in [0.3, 0.4) is 0 Å². The molecular formula is C33H64N2. The third-order valence-electron chi connectivity index (χ3n) is 7.85. The number of hydrogen-bond acceptors (Lipinski definition) is 1. The normalized spacial score (nSPS) is 11.5. The summed E-state index contributed by atoms with van der Waals surface area (Å²) in [6, 6.07) is 0. The van der Waals surface area contributed by atoms with Crippen LogP contribution in [0.15, 0.2) is 6.33 Å². The van der Waals surface area contributed by atoms with Crippen molar-refractivity contribution in [1.82, 2.24) is 9.97 Å². The Kier molecular flexibility index (Phi) is 24.2. The molecule has 0 radical (unpaired) electrons. The first kappa shape index (κ1) is 32.2. The van der Waals surface area contributed by atoms with E-state index in [1.807, 2.05) is 6.33 Å². The zero-order valence-electron chi connectivity index (χ0n) is 24.3. The van der Waals surface area contributed by atoms with E-state index in [-0.39, 0.29) is 0 Å². The Balaban J connectivity index is 1.87. The molecule has 0 aliphatic rings. The second-order valence-electron chi connectivity index (χ2n) is 11.3. The Hall–Kier alpha value is -0.790. The number of aryl methyl sites for hydroxylation is 2. The number of aromatic amines is 1. The lowest BCUT2D eigenvalue weighted by Gasteiger charge is -2.05. The fourth-order valence-corrected chi connectivity index (χ4v) is 5.41. The van der Waals surface area contributed by atoms with E-state index >= 15 is 0 Å². The number of imidazole rings is 1. The van der Waals surface area contributed by atoms with Gasteiger partial charge in [0.25, 0.3) is 0 Å². The highest BCUT2D eigenvalue weighted by atomic mass is 14.9. The van der Waals surface area contributed by atoms with Crippen LogP contribution in [-0.2, 0) is 12.8 Å². The van der Waals surface area contributed by atoms with Crippen LogP contribution < -0.4 is 0 Å². The second kappa shape index (κ2) is 26.3. The molecular weight excluding hydrogens is 424 g/mol. The zero-order chi connectivity index (χ0) is 25.1. The summed E-state index contributed by atoms with van der Waals surface area (Å²) in [5, 5.41) is 0. The lowest BCUT2D eigenvalue weighted by molar-refractivity contribution is 0.537. The molecule has 35 heavy (non-hydrogen) atoms. The van der Waals surface area contributed by atoms with Gasteiger partial charge in [0.05, 0.1) is 12.0 Å². The molecule has 0 atom stereocenters. The molecule has 0 spiro atoms. The summed E-state index contributed by atoms with van der Waals surface area (Å²) < 4.78 is 0. The van der Waals surface area contributed by atoms with Crippen LogP contribution in [0.2, 0.25) is 0 Å². The first-order valence-electron chi connectivity index (χ1n) is 16.4. The van der Waals surface area contributed by atoms with Crippen LogP contribution in [0.4, 0.5) is 0 Å². The quantitative estimate of drug-likeness (QED) is 0.117. The largest absolute Gasteiger partial charge is 0.348 e. The summed E-state index contributed by atoms with van der Waals surface area (Å²) >= 11 is 0. The highest BCUT2D eigenvalue weighted by Crippen LogP contribution is 2.16. The maximum atomic E-state index is 4.64. The van der Waals surface area contributed by atoms with E-state index in [0.29, 0.717) is 0 Å². The molecule has 0 aliphatic carbocycles. The Morgan fingerprint density at radius 3 is 1.11 bits per heavy atom. The van der Waals surface area contributed by atoms with Crippen LogP contribution in [-0.4, -0.2) is 9.97 Å². The van der Waals surface area contributed by atoms with Crippen molar-refractivity contribution in [3.05, 3.63) is 17.7 Å². The molecule has 1 heterocycles. The topological polar surface area (TPSA) is 28.7 Å². The molecule has 0 bridgehead atoms. The summed E-state index contributed by atoms with van der Waals surface area (Å²) in [6.07, 6.45) is 41.4. The van der Waals surface area contributed by atoms with Crippen LogP contribution in [0.25, 0.3) is 0 Å². The van der Waals surface area contributed by atoms with Crippen molar-refractivity contribution in [2.24, 2.45) is 0 Å². The van der Waals surface area contributed by atoms with Crippen molar-refractivity contribution in [1.29, 1.82) is 0 Å². The maximum Gasteiger partial charge on any atom is 0.0925 e. The molecule has 0 fully saturated rings. The first-order valence-corrected chi connectivity index (χ1v) is 16.4. The number of nitrogens with zero attached hydrogens (tertiary/aromatic N) is 1. The SMILES string of the molecule is CCCCCCCCCCCCCCCc1nc[nH]c1CCCCCCCCCCCCCCC. The second-order valence-corrected chi connectivity index (χ2v) is 11.3. The van der Waals surface area contributed by atoms with Crippen molar-refractivity contribution in [2.45, 2.75) is 194 Å². The Bertz CT molecular complexity index is 476. The summed E-state index contributed by atoms with van der Waals surface area (Å²) in [5.41, 5.74) is 2.78. The molecule has 1 aromatic heterocycles. The number of hydrogen-bond donors (Lipinski definition) is 1. The molecule has 0 saturated heterocycles. The standard InChI is InChI=1S/C33H64N2/c1-3-5-7-9-11-13-15-17-19-21-23-25-27-29-32-33(35-31-34-32)30-28-26-24-22-20-18-16-14-12-10-8-6-4-2/h31H,3-30H2,1-2H3,(H,34,35). The first-order chi connectivity index (χ1) is 17.4. The average molecular weight is 489 g/mol. The predicted molar refractivity (Wildman–Crippen MR) is 157 cm³/mol. The monoisotopic (exact) mass is 489 g/mol. The molecule has 206 valence electrons. The van der Waals surface area contributed by atoms with Crippen molar-refractivity contribution in [2.75, 3.05) is 0 Å². The van der Waals surface area contributed by atoms with Crippen molar-refractivity contribution >= 4 is 0 Å². The number of H-pyrrole nitrogens is 1. The van der Waals surface area contributed by atoms with Gasteiger partial charge in [-0.05, 0) is 25.7 Å². The molecule has 1 rings (SSSR count). The third kappa shape index (κ3) is 21.0. The van der Waals surface area contributed by atoms with Crippen LogP contribution in [0.1, 0.15) is 192 Å². The van der Waals surface area contributed by atoms with Crippen LogP contribution >= 0.6 is 0 Å². The van der Waals surface area contributed by atoms with Gasteiger partial charge in [0.15, 0.2) is 0 Å². The van der Waals surface area contributed by atoms with Crippen molar-refractivity contribution < 1.29 is 0 Å². The predicted octanol–water partition coefficient (Wildman–Crippen LogP) is 11.7. The maximum absolute atomic E-state index is 4.64. The van der Waals surface area contributed by atoms with Gasteiger partial charge < -0.3 is 4.98 Å². The molecule has 1 N–H and O–H groups in total. The molecule has 0 aromatic carbocycles. The van der Waals surface area contributed by atoms with Gasteiger partial charge in [-0.1, -0.05) is 168 Å². The molecule has 0 unspecified atom stereocenters. The summed E-state index contributed by atoms with van der Waals surface area (Å²) in [7, 11) is 0. The fraction of sp³-hybridized carbons (Fsp3) is 0.909. The van der Waals surface area contributed by atoms with Gasteiger partial charge in [0.1, 0.15) is 0 Å². The Morgan fingerprint density at radius 1 is 0.429 bits per heavy atom. The average Bonchev–Trinajstić information content (AvgIpc) is 3.32. The number of rotatable bonds is 28. The summed E-state index contributed by atoms with van der Waals surface area (Å²) in [4.78, 5) is 8.07. The van der Waals surface area contributed by atoms with Crippen LogP contribution in [0, 0.1) is 0 Å². The molecule has 2 heteroatoms. The molecule has 1 aromatic rings. The Morgan fingerprint density at radius 2 is 0.743 bits per heavy atom. The van der Waals surface area contributed by atoms with Crippen LogP contribution in [0.5, 0.6) is 0 Å². The van der Waals surface area contributed by atoms with E-state index in [9.17, 15) is 0 Å². The number of unbranched alkanes of at least 4 members (excludes halogenated alkanes) is 24. The zero-order valence-corrected chi connectivity index (χ0v) is 24.3. The summed E-state index contributed by atoms with van der Waals surface area (Å²) in [6.45, 7) is 4.60. The van der Waals surface area contributed by atoms with Crippen molar-refractivity contribution in [3.8, 4) is 0 Å². The van der Waals surface area contributed by atoms with Gasteiger partial charge >= 0.3 is 0 Å². The Labute approximate surface area is 221 Å².